The molecular formula is C23H24FNO. The predicted octanol–water partition coefficient (Wildman–Crippen LogP) is 5.67. The Morgan fingerprint density at radius 3 is 2.46 bits per heavy atom. The molecule has 3 aromatic rings. The number of phenolic OH excluding ortho intramolecular Hbond substituents is 1. The van der Waals surface area contributed by atoms with Crippen molar-refractivity contribution < 1.29 is 9.50 Å². The van der Waals surface area contributed by atoms with E-state index in [1.54, 1.807) is 18.2 Å². The van der Waals surface area contributed by atoms with Crippen LogP contribution in [0.4, 0.5) is 4.39 Å². The second-order valence-corrected chi connectivity index (χ2v) is 7.37. The van der Waals surface area contributed by atoms with Gasteiger partial charge in [-0.15, -0.1) is 0 Å². The number of nitrogens with one attached hydrogen (secondary N) is 1. The molecule has 3 heteroatoms. The third-order valence-electron chi connectivity index (χ3n) is 5.65. The third kappa shape index (κ3) is 3.32. The fraction of sp³-hybridized carbons (Fsp3) is 0.304. The topological polar surface area (TPSA) is 32.3 Å². The van der Waals surface area contributed by atoms with Crippen LogP contribution in [0.1, 0.15) is 49.3 Å². The molecule has 2 nitrogen and oxygen atoms in total. The number of rotatable bonds is 4. The molecule has 0 amide bonds. The van der Waals surface area contributed by atoms with Gasteiger partial charge in [0.25, 0.3) is 0 Å². The molecule has 134 valence electrons. The van der Waals surface area contributed by atoms with Gasteiger partial charge in [-0.05, 0) is 66.8 Å². The molecule has 2 N–H and O–H groups in total. The average molecular weight is 349 g/mol. The highest BCUT2D eigenvalue weighted by Gasteiger charge is 2.27. The summed E-state index contributed by atoms with van der Waals surface area (Å²) >= 11 is 0. The van der Waals surface area contributed by atoms with Crippen LogP contribution in [-0.4, -0.2) is 11.1 Å². The van der Waals surface area contributed by atoms with E-state index in [-0.39, 0.29) is 11.9 Å². The summed E-state index contributed by atoms with van der Waals surface area (Å²) in [6.45, 7) is 2.16. The third-order valence-corrected chi connectivity index (χ3v) is 5.65. The lowest BCUT2D eigenvalue weighted by Gasteiger charge is -2.22. The first-order valence-corrected chi connectivity index (χ1v) is 9.34. The average Bonchev–Trinajstić information content (AvgIpc) is 3.11. The second-order valence-electron chi connectivity index (χ2n) is 7.37. The van der Waals surface area contributed by atoms with Crippen molar-refractivity contribution in [2.24, 2.45) is 0 Å². The van der Waals surface area contributed by atoms with Gasteiger partial charge in [-0.2, -0.15) is 0 Å². The van der Waals surface area contributed by atoms with Crippen LogP contribution < -0.4 is 5.32 Å². The zero-order valence-electron chi connectivity index (χ0n) is 15.0. The lowest BCUT2D eigenvalue weighted by molar-refractivity contribution is 0.458. The molecule has 26 heavy (non-hydrogen) atoms. The molecule has 0 spiro atoms. The molecule has 1 saturated carbocycles. The molecule has 0 radical (unpaired) electrons. The maximum Gasteiger partial charge on any atom is 0.131 e. The number of hydrogen-bond donors (Lipinski definition) is 2. The molecule has 1 aliphatic rings. The number of halogens is 1. The zero-order valence-corrected chi connectivity index (χ0v) is 15.0. The van der Waals surface area contributed by atoms with Gasteiger partial charge in [0.05, 0.1) is 0 Å². The summed E-state index contributed by atoms with van der Waals surface area (Å²) in [5.74, 6) is 0.688. The highest BCUT2D eigenvalue weighted by atomic mass is 19.1. The van der Waals surface area contributed by atoms with Gasteiger partial charge in [0.1, 0.15) is 11.6 Å². The van der Waals surface area contributed by atoms with E-state index >= 15 is 0 Å². The molecule has 0 aromatic heterocycles. The summed E-state index contributed by atoms with van der Waals surface area (Å²) in [5, 5.41) is 14.9. The van der Waals surface area contributed by atoms with Crippen molar-refractivity contribution in [1.29, 1.82) is 0 Å². The molecule has 3 atom stereocenters. The van der Waals surface area contributed by atoms with Crippen molar-refractivity contribution in [2.75, 3.05) is 0 Å². The summed E-state index contributed by atoms with van der Waals surface area (Å²) in [5.41, 5.74) is 2.45. The standard InChI is InChI=1S/C23H24FNO/c1-15(20-12-13-23(24)22-5-3-2-4-21(20)22)25-18-9-6-17(14-18)16-7-10-19(26)11-8-16/h2-5,7-8,10-13,15,17-18,25-26H,6,9,14H2,1H3/t15-,17-,18+/m1/s1. The summed E-state index contributed by atoms with van der Waals surface area (Å²) in [7, 11) is 0. The molecule has 0 saturated heterocycles. The fourth-order valence-electron chi connectivity index (χ4n) is 4.29. The van der Waals surface area contributed by atoms with Gasteiger partial charge in [-0.1, -0.05) is 42.5 Å². The Bertz CT molecular complexity index is 906. The van der Waals surface area contributed by atoms with E-state index in [1.165, 1.54) is 5.56 Å². The number of phenols is 1. The maximum atomic E-state index is 14.1. The van der Waals surface area contributed by atoms with Crippen LogP contribution in [0.15, 0.2) is 60.7 Å². The molecule has 0 bridgehead atoms. The van der Waals surface area contributed by atoms with Crippen LogP contribution in [0.2, 0.25) is 0 Å². The minimum absolute atomic E-state index is 0.162. The summed E-state index contributed by atoms with van der Waals surface area (Å²) in [6, 6.07) is 19.4. The Labute approximate surface area is 153 Å². The smallest absolute Gasteiger partial charge is 0.131 e. The van der Waals surface area contributed by atoms with Crippen LogP contribution in [-0.2, 0) is 0 Å². The van der Waals surface area contributed by atoms with Crippen LogP contribution >= 0.6 is 0 Å². The van der Waals surface area contributed by atoms with Gasteiger partial charge in [0.2, 0.25) is 0 Å². The molecular weight excluding hydrogens is 325 g/mol. The Kier molecular flexibility index (Phi) is 4.64. The van der Waals surface area contributed by atoms with Crippen LogP contribution in [0.5, 0.6) is 5.75 Å². The number of fused-ring (bicyclic) bond motifs is 1. The molecule has 1 aliphatic carbocycles. The number of aromatic hydroxyl groups is 1. The Balaban J connectivity index is 1.48. The molecule has 0 heterocycles. The van der Waals surface area contributed by atoms with Gasteiger partial charge in [-0.3, -0.25) is 0 Å². The van der Waals surface area contributed by atoms with E-state index in [0.717, 1.165) is 30.2 Å². The molecule has 0 aliphatic heterocycles. The minimum Gasteiger partial charge on any atom is -0.508 e. The number of benzene rings is 3. The van der Waals surface area contributed by atoms with E-state index in [0.29, 0.717) is 23.1 Å². The summed E-state index contributed by atoms with van der Waals surface area (Å²) in [6.07, 6.45) is 3.38. The lowest BCUT2D eigenvalue weighted by atomic mass is 9.96. The van der Waals surface area contributed by atoms with Crippen LogP contribution in [0.3, 0.4) is 0 Å². The highest BCUT2D eigenvalue weighted by molar-refractivity contribution is 5.86. The predicted molar refractivity (Wildman–Crippen MR) is 104 cm³/mol. The zero-order chi connectivity index (χ0) is 18.1. The minimum atomic E-state index is -0.162. The van der Waals surface area contributed by atoms with Gasteiger partial charge in [-0.25, -0.2) is 4.39 Å². The van der Waals surface area contributed by atoms with E-state index in [9.17, 15) is 9.50 Å². The van der Waals surface area contributed by atoms with E-state index in [4.69, 9.17) is 0 Å². The van der Waals surface area contributed by atoms with Gasteiger partial charge < -0.3 is 10.4 Å². The molecule has 1 fully saturated rings. The fourth-order valence-corrected chi connectivity index (χ4v) is 4.29. The molecule has 0 unspecified atom stereocenters. The first-order chi connectivity index (χ1) is 12.6. The largest absolute Gasteiger partial charge is 0.508 e. The Morgan fingerprint density at radius 1 is 0.962 bits per heavy atom. The first kappa shape index (κ1) is 17.0. The monoisotopic (exact) mass is 349 g/mol. The van der Waals surface area contributed by atoms with E-state index in [1.807, 2.05) is 42.5 Å². The van der Waals surface area contributed by atoms with E-state index < -0.39 is 0 Å². The first-order valence-electron chi connectivity index (χ1n) is 9.34. The van der Waals surface area contributed by atoms with Crippen molar-refractivity contribution in [1.82, 2.24) is 5.32 Å². The van der Waals surface area contributed by atoms with Crippen molar-refractivity contribution in [2.45, 2.75) is 44.2 Å². The summed E-state index contributed by atoms with van der Waals surface area (Å²) in [4.78, 5) is 0. The van der Waals surface area contributed by atoms with Crippen LogP contribution in [0.25, 0.3) is 10.8 Å². The Hall–Kier alpha value is -2.39. The van der Waals surface area contributed by atoms with Crippen LogP contribution in [0, 0.1) is 5.82 Å². The number of hydrogen-bond acceptors (Lipinski definition) is 2. The highest BCUT2D eigenvalue weighted by Crippen LogP contribution is 2.36. The van der Waals surface area contributed by atoms with Crippen molar-refractivity contribution >= 4 is 10.8 Å². The lowest BCUT2D eigenvalue weighted by Crippen LogP contribution is -2.29. The molecule has 4 rings (SSSR count). The summed E-state index contributed by atoms with van der Waals surface area (Å²) < 4.78 is 14.1. The maximum absolute atomic E-state index is 14.1. The van der Waals surface area contributed by atoms with Gasteiger partial charge in [0.15, 0.2) is 0 Å². The Morgan fingerprint density at radius 2 is 1.69 bits per heavy atom. The van der Waals surface area contributed by atoms with Gasteiger partial charge in [0, 0.05) is 17.5 Å². The SMILES string of the molecule is C[C@@H](N[C@H]1CC[C@@H](c2ccc(O)cc2)C1)c1ccc(F)c2ccccc12. The van der Waals surface area contributed by atoms with Crippen molar-refractivity contribution in [3.8, 4) is 5.75 Å². The van der Waals surface area contributed by atoms with Crippen molar-refractivity contribution in [3.05, 3.63) is 77.6 Å². The molecule has 3 aromatic carbocycles. The normalized spacial score (nSPS) is 21.2. The quantitative estimate of drug-likeness (QED) is 0.636. The second kappa shape index (κ2) is 7.08. The van der Waals surface area contributed by atoms with E-state index in [2.05, 4.69) is 12.2 Å². The van der Waals surface area contributed by atoms with Gasteiger partial charge >= 0.3 is 0 Å². The van der Waals surface area contributed by atoms with Crippen molar-refractivity contribution in [3.63, 3.8) is 0 Å².